The summed E-state index contributed by atoms with van der Waals surface area (Å²) in [5.41, 5.74) is 0. The number of aliphatic imine (C=N–C) groups is 1. The van der Waals surface area contributed by atoms with Gasteiger partial charge in [0.2, 0.25) is 10.0 Å². The van der Waals surface area contributed by atoms with Gasteiger partial charge in [-0.05, 0) is 27.2 Å². The first kappa shape index (κ1) is 27.5. The number of thiazole rings is 1. The van der Waals surface area contributed by atoms with Gasteiger partial charge < -0.3 is 15.0 Å². The number of ether oxygens (including phenoxy) is 1. The Labute approximate surface area is 202 Å². The first-order valence-corrected chi connectivity index (χ1v) is 12.8. The van der Waals surface area contributed by atoms with Gasteiger partial charge in [-0.3, -0.25) is 4.99 Å². The van der Waals surface area contributed by atoms with E-state index in [0.717, 1.165) is 30.4 Å². The smallest absolute Gasteiger partial charge is 0.216 e. The average molecular weight is 574 g/mol. The fraction of sp³-hybridized carbons (Fsp3) is 0.789. The minimum atomic E-state index is -3.28. The van der Waals surface area contributed by atoms with Crippen LogP contribution in [0.1, 0.15) is 37.6 Å². The van der Waals surface area contributed by atoms with Crippen molar-refractivity contribution in [2.24, 2.45) is 4.99 Å². The van der Waals surface area contributed by atoms with Crippen LogP contribution in [0.4, 0.5) is 0 Å². The third-order valence-corrected chi connectivity index (χ3v) is 7.63. The van der Waals surface area contributed by atoms with Gasteiger partial charge in [0, 0.05) is 56.8 Å². The number of halogens is 1. The molecule has 1 aliphatic heterocycles. The molecule has 0 unspecified atom stereocenters. The predicted octanol–water partition coefficient (Wildman–Crippen LogP) is 2.20. The van der Waals surface area contributed by atoms with Crippen LogP contribution in [0.5, 0.6) is 0 Å². The lowest BCUT2D eigenvalue weighted by molar-refractivity contribution is 0.0904. The fourth-order valence-corrected chi connectivity index (χ4v) is 5.14. The van der Waals surface area contributed by atoms with Crippen LogP contribution in [0, 0.1) is 0 Å². The van der Waals surface area contributed by atoms with Gasteiger partial charge in [-0.2, -0.15) is 4.31 Å². The maximum absolute atomic E-state index is 12.5. The highest BCUT2D eigenvalue weighted by molar-refractivity contribution is 14.0. The first-order chi connectivity index (χ1) is 13.9. The van der Waals surface area contributed by atoms with Gasteiger partial charge in [-0.25, -0.2) is 13.4 Å². The summed E-state index contributed by atoms with van der Waals surface area (Å²) in [6.07, 6.45) is 3.82. The number of guanidine groups is 1. The van der Waals surface area contributed by atoms with E-state index in [0.29, 0.717) is 32.7 Å². The van der Waals surface area contributed by atoms with Crippen LogP contribution in [-0.2, 0) is 27.6 Å². The lowest BCUT2D eigenvalue weighted by atomic mass is 10.4. The Morgan fingerprint density at radius 2 is 2.00 bits per heavy atom. The average Bonchev–Trinajstić information content (AvgIpc) is 3.15. The van der Waals surface area contributed by atoms with Crippen LogP contribution in [0.2, 0.25) is 0 Å². The highest BCUT2D eigenvalue weighted by Gasteiger charge is 2.28. The van der Waals surface area contributed by atoms with E-state index in [9.17, 15) is 8.42 Å². The number of hydrogen-bond acceptors (Lipinski definition) is 6. The molecule has 0 amide bonds. The molecular formula is C19H36IN5O3S2. The molecule has 0 aromatic carbocycles. The number of sulfonamides is 1. The maximum Gasteiger partial charge on any atom is 0.216 e. The molecule has 8 nitrogen and oxygen atoms in total. The molecule has 0 saturated carbocycles. The van der Waals surface area contributed by atoms with E-state index in [1.54, 1.807) is 15.6 Å². The van der Waals surface area contributed by atoms with Crippen LogP contribution in [0.15, 0.2) is 11.2 Å². The monoisotopic (exact) mass is 573 g/mol. The van der Waals surface area contributed by atoms with Gasteiger partial charge in [0.1, 0.15) is 0 Å². The molecule has 174 valence electrons. The molecule has 0 atom stereocenters. The van der Waals surface area contributed by atoms with E-state index in [2.05, 4.69) is 22.1 Å². The number of nitrogens with one attached hydrogen (secondary N) is 1. The molecule has 0 aliphatic carbocycles. The van der Waals surface area contributed by atoms with Crippen molar-refractivity contribution in [1.82, 2.24) is 19.5 Å². The normalized spacial score (nSPS) is 16.0. The van der Waals surface area contributed by atoms with Gasteiger partial charge in [0.15, 0.2) is 5.96 Å². The van der Waals surface area contributed by atoms with Crippen molar-refractivity contribution >= 4 is 51.3 Å². The Hall–Kier alpha value is -0.500. The van der Waals surface area contributed by atoms with Crippen molar-refractivity contribution in [3.63, 3.8) is 0 Å². The Morgan fingerprint density at radius 1 is 1.30 bits per heavy atom. The Bertz CT molecular complexity index is 747. The van der Waals surface area contributed by atoms with Crippen molar-refractivity contribution in [2.45, 2.75) is 46.6 Å². The van der Waals surface area contributed by atoms with Crippen LogP contribution in [0.3, 0.4) is 0 Å². The van der Waals surface area contributed by atoms with Gasteiger partial charge in [-0.1, -0.05) is 6.92 Å². The second kappa shape index (κ2) is 13.8. The molecule has 1 saturated heterocycles. The number of aromatic nitrogens is 1. The van der Waals surface area contributed by atoms with Crippen LogP contribution < -0.4 is 5.32 Å². The highest BCUT2D eigenvalue weighted by Crippen LogP contribution is 2.14. The Morgan fingerprint density at radius 3 is 2.57 bits per heavy atom. The SMILES string of the molecule is CCNC(=NCCc1ncc(CC)s1)N1CCN(S(=O)(=O)CCOC(C)C)CC1.I. The second-order valence-electron chi connectivity index (χ2n) is 7.18. The molecule has 11 heteroatoms. The molecule has 0 spiro atoms. The molecule has 30 heavy (non-hydrogen) atoms. The minimum absolute atomic E-state index is 0. The van der Waals surface area contributed by atoms with Gasteiger partial charge >= 0.3 is 0 Å². The van der Waals surface area contributed by atoms with Crippen molar-refractivity contribution in [2.75, 3.05) is 51.6 Å². The van der Waals surface area contributed by atoms with E-state index in [1.807, 2.05) is 27.0 Å². The van der Waals surface area contributed by atoms with Crippen molar-refractivity contribution in [3.8, 4) is 0 Å². The van der Waals surface area contributed by atoms with E-state index in [-0.39, 0.29) is 42.4 Å². The van der Waals surface area contributed by atoms with Gasteiger partial charge in [-0.15, -0.1) is 35.3 Å². The van der Waals surface area contributed by atoms with Crippen molar-refractivity contribution < 1.29 is 13.2 Å². The third-order valence-electron chi connectivity index (χ3n) is 4.60. The lowest BCUT2D eigenvalue weighted by Gasteiger charge is -2.35. The quantitative estimate of drug-likeness (QED) is 0.263. The van der Waals surface area contributed by atoms with E-state index in [1.165, 1.54) is 4.88 Å². The Balaban J connectivity index is 0.00000450. The molecule has 2 rings (SSSR count). The van der Waals surface area contributed by atoms with E-state index in [4.69, 9.17) is 9.73 Å². The predicted molar refractivity (Wildman–Crippen MR) is 135 cm³/mol. The summed E-state index contributed by atoms with van der Waals surface area (Å²) in [6, 6.07) is 0. The summed E-state index contributed by atoms with van der Waals surface area (Å²) in [4.78, 5) is 12.6. The standard InChI is InChI=1S/C19H35N5O3S2.HI/c1-5-17-15-22-18(28-17)7-8-21-19(20-6-2)23-9-11-24(12-10-23)29(25,26)14-13-27-16(3)4;/h15-16H,5-14H2,1-4H3,(H,20,21);1H. The third kappa shape index (κ3) is 8.93. The van der Waals surface area contributed by atoms with Crippen LogP contribution >= 0.6 is 35.3 Å². The van der Waals surface area contributed by atoms with Gasteiger partial charge in [0.05, 0.1) is 23.5 Å². The lowest BCUT2D eigenvalue weighted by Crippen LogP contribution is -2.54. The largest absolute Gasteiger partial charge is 0.378 e. The van der Waals surface area contributed by atoms with Crippen LogP contribution in [0.25, 0.3) is 0 Å². The maximum atomic E-state index is 12.5. The summed E-state index contributed by atoms with van der Waals surface area (Å²) in [7, 11) is -3.28. The number of hydrogen-bond donors (Lipinski definition) is 1. The van der Waals surface area contributed by atoms with Gasteiger partial charge in [0.25, 0.3) is 0 Å². The number of nitrogens with zero attached hydrogens (tertiary/aromatic N) is 4. The zero-order valence-electron chi connectivity index (χ0n) is 18.5. The molecule has 1 aromatic heterocycles. The molecule has 0 bridgehead atoms. The second-order valence-corrected chi connectivity index (χ2v) is 10.5. The zero-order valence-corrected chi connectivity index (χ0v) is 22.4. The molecule has 1 fully saturated rings. The molecule has 1 N–H and O–H groups in total. The fourth-order valence-electron chi connectivity index (χ4n) is 3.01. The van der Waals surface area contributed by atoms with Crippen LogP contribution in [-0.4, -0.2) is 86.3 Å². The highest BCUT2D eigenvalue weighted by atomic mass is 127. The summed E-state index contributed by atoms with van der Waals surface area (Å²) in [6.45, 7) is 11.9. The van der Waals surface area contributed by atoms with Crippen molar-refractivity contribution in [3.05, 3.63) is 16.1 Å². The first-order valence-electron chi connectivity index (χ1n) is 10.4. The van der Waals surface area contributed by atoms with E-state index >= 15 is 0 Å². The summed E-state index contributed by atoms with van der Waals surface area (Å²) in [5, 5.41) is 4.44. The molecule has 1 aromatic rings. The molecular weight excluding hydrogens is 537 g/mol. The van der Waals surface area contributed by atoms with Crippen molar-refractivity contribution in [1.29, 1.82) is 0 Å². The Kier molecular flexibility index (Phi) is 12.7. The molecule has 1 aliphatic rings. The zero-order chi connectivity index (χ0) is 21.3. The number of piperazine rings is 1. The minimum Gasteiger partial charge on any atom is -0.378 e. The number of aryl methyl sites for hydroxylation is 1. The molecule has 0 radical (unpaired) electrons. The molecule has 2 heterocycles. The number of rotatable bonds is 10. The summed E-state index contributed by atoms with van der Waals surface area (Å²) >= 11 is 1.75. The summed E-state index contributed by atoms with van der Waals surface area (Å²) < 4.78 is 32.0. The topological polar surface area (TPSA) is 87.1 Å². The van der Waals surface area contributed by atoms with E-state index < -0.39 is 10.0 Å². The summed E-state index contributed by atoms with van der Waals surface area (Å²) in [5.74, 6) is 0.882.